The Labute approximate surface area is 149 Å². The van der Waals surface area contributed by atoms with E-state index < -0.39 is 24.3 Å². The Morgan fingerprint density at radius 3 is 2.35 bits per heavy atom. The summed E-state index contributed by atoms with van der Waals surface area (Å²) in [6.45, 7) is 0.00490. The molecule has 1 heterocycles. The molecule has 0 aliphatic rings. The van der Waals surface area contributed by atoms with Gasteiger partial charge < -0.3 is 9.47 Å². The molecular formula is C17H17N3O6. The number of hydrogen-bond donors (Lipinski definition) is 0. The lowest BCUT2D eigenvalue weighted by Gasteiger charge is -2.21. The van der Waals surface area contributed by atoms with Crippen LogP contribution >= 0.6 is 0 Å². The van der Waals surface area contributed by atoms with Crippen molar-refractivity contribution in [3.8, 4) is 0 Å². The van der Waals surface area contributed by atoms with Crippen LogP contribution in [0, 0.1) is 0 Å². The van der Waals surface area contributed by atoms with E-state index in [0.29, 0.717) is 0 Å². The van der Waals surface area contributed by atoms with Gasteiger partial charge in [0.25, 0.3) is 5.91 Å². The molecule has 1 aromatic carbocycles. The van der Waals surface area contributed by atoms with Crippen LogP contribution in [0.5, 0.6) is 0 Å². The summed E-state index contributed by atoms with van der Waals surface area (Å²) >= 11 is 0. The lowest BCUT2D eigenvalue weighted by molar-refractivity contribution is -0.145. The number of amides is 1. The predicted molar refractivity (Wildman–Crippen MR) is 88.7 cm³/mol. The molecule has 0 spiro atoms. The van der Waals surface area contributed by atoms with Crippen molar-refractivity contribution in [3.05, 3.63) is 54.0 Å². The first-order valence-electron chi connectivity index (χ1n) is 7.52. The lowest BCUT2D eigenvalue weighted by Crippen LogP contribution is -2.35. The molecule has 0 aliphatic carbocycles. The van der Waals surface area contributed by atoms with Gasteiger partial charge in [-0.25, -0.2) is 14.8 Å². The van der Waals surface area contributed by atoms with E-state index in [0.717, 1.165) is 17.7 Å². The van der Waals surface area contributed by atoms with E-state index in [1.807, 2.05) is 18.2 Å². The highest BCUT2D eigenvalue weighted by Gasteiger charge is 2.28. The Morgan fingerprint density at radius 2 is 1.69 bits per heavy atom. The molecule has 0 fully saturated rings. The highest BCUT2D eigenvalue weighted by atomic mass is 16.7. The topological polar surface area (TPSA) is 108 Å². The molecule has 0 radical (unpaired) electrons. The van der Waals surface area contributed by atoms with Crippen molar-refractivity contribution in [2.75, 3.05) is 19.3 Å². The van der Waals surface area contributed by atoms with Crippen LogP contribution in [0.4, 0.5) is 5.82 Å². The fraction of sp³-hybridized carbons (Fsp3) is 0.235. The lowest BCUT2D eigenvalue weighted by atomic mass is 10.2. The van der Waals surface area contributed by atoms with E-state index >= 15 is 0 Å². The van der Waals surface area contributed by atoms with Crippen molar-refractivity contribution < 1.29 is 28.7 Å². The molecule has 0 saturated heterocycles. The number of benzene rings is 1. The third-order valence-electron chi connectivity index (χ3n) is 3.20. The monoisotopic (exact) mass is 359 g/mol. The zero-order valence-electron chi connectivity index (χ0n) is 14.2. The summed E-state index contributed by atoms with van der Waals surface area (Å²) in [6, 6.07) is 9.03. The quantitative estimate of drug-likeness (QED) is 0.413. The van der Waals surface area contributed by atoms with E-state index in [1.165, 1.54) is 19.5 Å². The van der Waals surface area contributed by atoms with E-state index in [-0.39, 0.29) is 18.1 Å². The first-order chi connectivity index (χ1) is 12.6. The molecule has 0 N–H and O–H groups in total. The van der Waals surface area contributed by atoms with Crippen molar-refractivity contribution in [2.45, 2.75) is 13.0 Å². The largest absolute Gasteiger partial charge is 0.469 e. The highest BCUT2D eigenvalue weighted by molar-refractivity contribution is 6.04. The first kappa shape index (κ1) is 19.0. The van der Waals surface area contributed by atoms with Crippen LogP contribution in [-0.4, -0.2) is 42.0 Å². The van der Waals surface area contributed by atoms with Gasteiger partial charge in [0, 0.05) is 12.4 Å². The normalized spacial score (nSPS) is 10.1. The summed E-state index contributed by atoms with van der Waals surface area (Å²) in [5.41, 5.74) is 0.549. The second-order valence-electron chi connectivity index (χ2n) is 4.92. The van der Waals surface area contributed by atoms with Gasteiger partial charge in [0.1, 0.15) is 13.0 Å². The molecule has 0 aliphatic heterocycles. The summed E-state index contributed by atoms with van der Waals surface area (Å²) in [5, 5.41) is 0.753. The predicted octanol–water partition coefficient (Wildman–Crippen LogP) is 1.29. The molecule has 0 bridgehead atoms. The van der Waals surface area contributed by atoms with Gasteiger partial charge in [-0.15, -0.1) is 0 Å². The maximum Gasteiger partial charge on any atom is 0.360 e. The summed E-state index contributed by atoms with van der Waals surface area (Å²) in [6.07, 6.45) is 1.96. The number of carbonyl (C=O) groups excluding carboxylic acids is 3. The fourth-order valence-electron chi connectivity index (χ4n) is 1.95. The van der Waals surface area contributed by atoms with E-state index in [4.69, 9.17) is 4.84 Å². The van der Waals surface area contributed by atoms with Crippen LogP contribution in [0.2, 0.25) is 0 Å². The molecule has 0 unspecified atom stereocenters. The van der Waals surface area contributed by atoms with Gasteiger partial charge in [-0.2, -0.15) is 5.06 Å². The Balaban J connectivity index is 2.32. The second-order valence-corrected chi connectivity index (χ2v) is 4.92. The van der Waals surface area contributed by atoms with Gasteiger partial charge in [-0.3, -0.25) is 14.4 Å². The molecule has 2 aromatic rings. The second kappa shape index (κ2) is 9.23. The Bertz CT molecular complexity index is 781. The molecule has 1 amide bonds. The molecule has 9 nitrogen and oxygen atoms in total. The van der Waals surface area contributed by atoms with Crippen molar-refractivity contribution in [3.63, 3.8) is 0 Å². The maximum absolute atomic E-state index is 12.5. The molecule has 26 heavy (non-hydrogen) atoms. The molecule has 1 aromatic heterocycles. The third kappa shape index (κ3) is 4.84. The van der Waals surface area contributed by atoms with Gasteiger partial charge in [-0.05, 0) is 5.56 Å². The zero-order chi connectivity index (χ0) is 18.9. The van der Waals surface area contributed by atoms with Crippen LogP contribution < -0.4 is 5.06 Å². The number of hydroxylamine groups is 1. The van der Waals surface area contributed by atoms with Crippen molar-refractivity contribution >= 4 is 23.7 Å². The van der Waals surface area contributed by atoms with E-state index in [1.54, 1.807) is 12.1 Å². The smallest absolute Gasteiger partial charge is 0.360 e. The number of aromatic nitrogens is 2. The van der Waals surface area contributed by atoms with Crippen LogP contribution in [0.15, 0.2) is 42.7 Å². The van der Waals surface area contributed by atoms with Crippen LogP contribution in [0.25, 0.3) is 0 Å². The van der Waals surface area contributed by atoms with Gasteiger partial charge in [0.2, 0.25) is 0 Å². The molecule has 0 atom stereocenters. The number of rotatable bonds is 7. The third-order valence-corrected chi connectivity index (χ3v) is 3.20. The standard InChI is InChI=1S/C17H17N3O6/c1-24-14(22)10-13(21)20(26-11-12-6-4-3-5-7-12)16-15(17(23)25-2)18-8-9-19-16/h3-9H,10-11H2,1-2H3. The summed E-state index contributed by atoms with van der Waals surface area (Å²) in [4.78, 5) is 49.2. The maximum atomic E-state index is 12.5. The van der Waals surface area contributed by atoms with Gasteiger partial charge in [-0.1, -0.05) is 30.3 Å². The molecule has 0 saturated carbocycles. The zero-order valence-corrected chi connectivity index (χ0v) is 14.2. The number of nitrogens with zero attached hydrogens (tertiary/aromatic N) is 3. The average molecular weight is 359 g/mol. The minimum atomic E-state index is -0.799. The van der Waals surface area contributed by atoms with Gasteiger partial charge in [0.15, 0.2) is 11.5 Å². The summed E-state index contributed by atoms with van der Waals surface area (Å²) < 4.78 is 9.14. The molecule has 136 valence electrons. The SMILES string of the molecule is COC(=O)CC(=O)N(OCc1ccccc1)c1nccnc1C(=O)OC. The van der Waals surface area contributed by atoms with Crippen molar-refractivity contribution in [1.29, 1.82) is 0 Å². The number of methoxy groups -OCH3 is 2. The number of esters is 2. The Kier molecular flexibility index (Phi) is 6.75. The number of carbonyl (C=O) groups is 3. The number of hydrogen-bond acceptors (Lipinski definition) is 8. The highest BCUT2D eigenvalue weighted by Crippen LogP contribution is 2.19. The number of anilines is 1. The minimum absolute atomic E-state index is 0.00490. The average Bonchev–Trinajstić information content (AvgIpc) is 2.68. The van der Waals surface area contributed by atoms with Crippen molar-refractivity contribution in [1.82, 2.24) is 9.97 Å². The molecular weight excluding hydrogens is 342 g/mol. The Morgan fingerprint density at radius 1 is 1.00 bits per heavy atom. The fourth-order valence-corrected chi connectivity index (χ4v) is 1.95. The minimum Gasteiger partial charge on any atom is -0.469 e. The van der Waals surface area contributed by atoms with Crippen LogP contribution in [-0.2, 0) is 30.5 Å². The number of ether oxygens (including phenoxy) is 2. The Hall–Kier alpha value is -3.33. The first-order valence-corrected chi connectivity index (χ1v) is 7.52. The van der Waals surface area contributed by atoms with E-state index in [2.05, 4.69) is 19.4 Å². The van der Waals surface area contributed by atoms with Gasteiger partial charge >= 0.3 is 11.9 Å². The van der Waals surface area contributed by atoms with Crippen LogP contribution in [0.3, 0.4) is 0 Å². The molecule has 2 rings (SSSR count). The van der Waals surface area contributed by atoms with Crippen LogP contribution in [0.1, 0.15) is 22.5 Å². The van der Waals surface area contributed by atoms with E-state index in [9.17, 15) is 14.4 Å². The van der Waals surface area contributed by atoms with Gasteiger partial charge in [0.05, 0.1) is 14.2 Å². The summed E-state index contributed by atoms with van der Waals surface area (Å²) in [7, 11) is 2.33. The summed E-state index contributed by atoms with van der Waals surface area (Å²) in [5.74, 6) is -2.50. The molecule has 9 heteroatoms. The van der Waals surface area contributed by atoms with Crippen molar-refractivity contribution in [2.24, 2.45) is 0 Å².